The number of benzene rings is 2. The number of aryl methyl sites for hydroxylation is 1. The standard InChI is InChI=1S/C24H18N4O7/c1-13-8-15(14(2)26(13)16-4-3-5-18(10-16)28(32)33)9-19-22(29)25-24(31)27(23(19)30)17-6-7-20-21(11-17)35-12-34-20/h3-11H,12H2,1-2H3,(H,25,29,31)/b19-9+. The van der Waals surface area contributed by atoms with Crippen molar-refractivity contribution in [1.82, 2.24) is 9.88 Å². The molecule has 5 rings (SSSR count). The first-order chi connectivity index (χ1) is 16.7. The zero-order valence-electron chi connectivity index (χ0n) is 18.6. The van der Waals surface area contributed by atoms with E-state index in [0.29, 0.717) is 28.4 Å². The summed E-state index contributed by atoms with van der Waals surface area (Å²) in [5.74, 6) is -0.750. The van der Waals surface area contributed by atoms with Crippen LogP contribution in [0.2, 0.25) is 0 Å². The number of amides is 4. The van der Waals surface area contributed by atoms with Crippen molar-refractivity contribution in [2.75, 3.05) is 11.7 Å². The number of ether oxygens (including phenoxy) is 2. The summed E-state index contributed by atoms with van der Waals surface area (Å²) in [4.78, 5) is 50.0. The van der Waals surface area contributed by atoms with E-state index in [1.54, 1.807) is 42.7 Å². The van der Waals surface area contributed by atoms with Crippen LogP contribution in [0.1, 0.15) is 17.0 Å². The average molecular weight is 474 g/mol. The van der Waals surface area contributed by atoms with Crippen LogP contribution in [0.3, 0.4) is 0 Å². The van der Waals surface area contributed by atoms with Crippen molar-refractivity contribution < 1.29 is 28.8 Å². The molecule has 0 spiro atoms. The smallest absolute Gasteiger partial charge is 0.335 e. The zero-order valence-corrected chi connectivity index (χ0v) is 18.6. The Morgan fingerprint density at radius 3 is 2.54 bits per heavy atom. The third-order valence-electron chi connectivity index (χ3n) is 5.78. The molecule has 176 valence electrons. The number of imide groups is 2. The number of anilines is 1. The second kappa shape index (κ2) is 8.13. The number of nitro groups is 1. The number of fused-ring (bicyclic) bond motifs is 1. The fourth-order valence-corrected chi connectivity index (χ4v) is 4.15. The summed E-state index contributed by atoms with van der Waals surface area (Å²) in [6, 6.07) is 11.6. The van der Waals surface area contributed by atoms with Crippen LogP contribution < -0.4 is 19.7 Å². The molecule has 2 aliphatic rings. The van der Waals surface area contributed by atoms with Crippen molar-refractivity contribution in [3.8, 4) is 17.2 Å². The van der Waals surface area contributed by atoms with Gasteiger partial charge < -0.3 is 14.0 Å². The van der Waals surface area contributed by atoms with E-state index < -0.39 is 22.8 Å². The number of rotatable bonds is 4. The number of nitro benzene ring substituents is 1. The second-order valence-corrected chi connectivity index (χ2v) is 7.93. The number of hydrogen-bond donors (Lipinski definition) is 1. The number of urea groups is 1. The Hall–Kier alpha value is -4.93. The molecule has 0 radical (unpaired) electrons. The van der Waals surface area contributed by atoms with Crippen molar-refractivity contribution in [1.29, 1.82) is 0 Å². The topological polar surface area (TPSA) is 133 Å². The van der Waals surface area contributed by atoms with Crippen molar-refractivity contribution in [2.24, 2.45) is 0 Å². The third-order valence-corrected chi connectivity index (χ3v) is 5.78. The third kappa shape index (κ3) is 3.68. The molecule has 1 saturated heterocycles. The number of hydrogen-bond acceptors (Lipinski definition) is 7. The van der Waals surface area contributed by atoms with E-state index in [9.17, 15) is 24.5 Å². The van der Waals surface area contributed by atoms with E-state index in [-0.39, 0.29) is 23.7 Å². The highest BCUT2D eigenvalue weighted by Crippen LogP contribution is 2.36. The number of nitrogens with zero attached hydrogens (tertiary/aromatic N) is 3. The monoisotopic (exact) mass is 474 g/mol. The quantitative estimate of drug-likeness (QED) is 0.265. The van der Waals surface area contributed by atoms with Gasteiger partial charge in [0, 0.05) is 29.6 Å². The summed E-state index contributed by atoms with van der Waals surface area (Å²) in [7, 11) is 0. The van der Waals surface area contributed by atoms with E-state index in [2.05, 4.69) is 5.32 Å². The molecule has 3 heterocycles. The highest BCUT2D eigenvalue weighted by Gasteiger charge is 2.37. The molecule has 11 nitrogen and oxygen atoms in total. The molecule has 1 fully saturated rings. The van der Waals surface area contributed by atoms with Crippen LogP contribution >= 0.6 is 0 Å². The van der Waals surface area contributed by atoms with Crippen LogP contribution in [0.25, 0.3) is 11.8 Å². The Balaban J connectivity index is 1.54. The molecule has 1 aromatic heterocycles. The number of aromatic nitrogens is 1. The Labute approximate surface area is 198 Å². The van der Waals surface area contributed by atoms with Crippen LogP contribution in [0.15, 0.2) is 54.1 Å². The lowest BCUT2D eigenvalue weighted by molar-refractivity contribution is -0.384. The molecular formula is C24H18N4O7. The summed E-state index contributed by atoms with van der Waals surface area (Å²) in [5, 5.41) is 13.4. The number of barbiturate groups is 1. The SMILES string of the molecule is Cc1cc(/C=C2\C(=O)NC(=O)N(c3ccc4c(c3)OCO4)C2=O)c(C)n1-c1cccc([N+](=O)[O-])c1. The van der Waals surface area contributed by atoms with Gasteiger partial charge in [0.25, 0.3) is 17.5 Å². The molecular weight excluding hydrogens is 456 g/mol. The minimum Gasteiger partial charge on any atom is -0.454 e. The maximum absolute atomic E-state index is 13.3. The van der Waals surface area contributed by atoms with Crippen LogP contribution in [0, 0.1) is 24.0 Å². The maximum Gasteiger partial charge on any atom is 0.335 e. The fourth-order valence-electron chi connectivity index (χ4n) is 4.15. The molecule has 0 bridgehead atoms. The number of carbonyl (C=O) groups is 3. The van der Waals surface area contributed by atoms with Crippen molar-refractivity contribution in [3.63, 3.8) is 0 Å². The first kappa shape index (κ1) is 21.9. The Kier molecular flexibility index (Phi) is 5.09. The normalized spacial score (nSPS) is 16.1. The summed E-state index contributed by atoms with van der Waals surface area (Å²) in [6.07, 6.45) is 1.40. The van der Waals surface area contributed by atoms with Gasteiger partial charge in [-0.05, 0) is 49.8 Å². The van der Waals surface area contributed by atoms with Gasteiger partial charge >= 0.3 is 6.03 Å². The van der Waals surface area contributed by atoms with Gasteiger partial charge in [0.2, 0.25) is 6.79 Å². The van der Waals surface area contributed by atoms with Gasteiger partial charge in [-0.1, -0.05) is 6.07 Å². The minimum absolute atomic E-state index is 0.0305. The summed E-state index contributed by atoms with van der Waals surface area (Å²) in [6.45, 7) is 3.60. The number of nitrogens with one attached hydrogen (secondary N) is 1. The first-order valence-electron chi connectivity index (χ1n) is 10.5. The predicted octanol–water partition coefficient (Wildman–Crippen LogP) is 3.40. The largest absolute Gasteiger partial charge is 0.454 e. The van der Waals surface area contributed by atoms with Gasteiger partial charge in [0.05, 0.1) is 16.3 Å². The summed E-state index contributed by atoms with van der Waals surface area (Å²) in [5.41, 5.74) is 2.43. The van der Waals surface area contributed by atoms with Crippen molar-refractivity contribution in [3.05, 3.63) is 81.2 Å². The Bertz CT molecular complexity index is 1470. The molecule has 2 aromatic carbocycles. The Morgan fingerprint density at radius 1 is 1.00 bits per heavy atom. The molecule has 11 heteroatoms. The molecule has 0 unspecified atom stereocenters. The zero-order chi connectivity index (χ0) is 24.9. The van der Waals surface area contributed by atoms with Gasteiger partial charge in [-0.15, -0.1) is 0 Å². The molecule has 0 atom stereocenters. The average Bonchev–Trinajstić information content (AvgIpc) is 3.39. The lowest BCUT2D eigenvalue weighted by atomic mass is 10.1. The van der Waals surface area contributed by atoms with Crippen molar-refractivity contribution >= 4 is 35.3 Å². The van der Waals surface area contributed by atoms with E-state index in [4.69, 9.17) is 9.47 Å². The van der Waals surface area contributed by atoms with Crippen LogP contribution in [0.5, 0.6) is 11.5 Å². The highest BCUT2D eigenvalue weighted by molar-refractivity contribution is 6.39. The highest BCUT2D eigenvalue weighted by atomic mass is 16.7. The van der Waals surface area contributed by atoms with E-state index in [1.807, 2.05) is 0 Å². The minimum atomic E-state index is -0.877. The summed E-state index contributed by atoms with van der Waals surface area (Å²) >= 11 is 0. The number of non-ortho nitro benzene ring substituents is 1. The van der Waals surface area contributed by atoms with Gasteiger partial charge in [-0.25, -0.2) is 9.69 Å². The van der Waals surface area contributed by atoms with Gasteiger partial charge in [0.15, 0.2) is 11.5 Å². The van der Waals surface area contributed by atoms with Crippen LogP contribution in [-0.4, -0.2) is 34.1 Å². The molecule has 3 aromatic rings. The predicted molar refractivity (Wildman–Crippen MR) is 123 cm³/mol. The Morgan fingerprint density at radius 2 is 1.77 bits per heavy atom. The van der Waals surface area contributed by atoms with E-state index in [0.717, 1.165) is 10.6 Å². The molecule has 2 aliphatic heterocycles. The van der Waals surface area contributed by atoms with Crippen LogP contribution in [0.4, 0.5) is 16.2 Å². The van der Waals surface area contributed by atoms with E-state index in [1.165, 1.54) is 30.3 Å². The molecule has 0 aliphatic carbocycles. The van der Waals surface area contributed by atoms with Crippen LogP contribution in [-0.2, 0) is 9.59 Å². The van der Waals surface area contributed by atoms with E-state index >= 15 is 0 Å². The summed E-state index contributed by atoms with van der Waals surface area (Å²) < 4.78 is 12.4. The molecule has 1 N–H and O–H groups in total. The van der Waals surface area contributed by atoms with Gasteiger partial charge in [0.1, 0.15) is 5.57 Å². The second-order valence-electron chi connectivity index (χ2n) is 7.93. The number of carbonyl (C=O) groups excluding carboxylic acids is 3. The maximum atomic E-state index is 13.3. The van der Waals surface area contributed by atoms with Crippen molar-refractivity contribution in [2.45, 2.75) is 13.8 Å². The first-order valence-corrected chi connectivity index (χ1v) is 10.5. The van der Waals surface area contributed by atoms with Gasteiger partial charge in [-0.3, -0.25) is 25.0 Å². The lowest BCUT2D eigenvalue weighted by Gasteiger charge is -2.26. The molecule has 4 amide bonds. The molecule has 35 heavy (non-hydrogen) atoms. The fraction of sp³-hybridized carbons (Fsp3) is 0.125. The van der Waals surface area contributed by atoms with Gasteiger partial charge in [-0.2, -0.15) is 0 Å². The molecule has 0 saturated carbocycles. The lowest BCUT2D eigenvalue weighted by Crippen LogP contribution is -2.54.